The molecule has 1 aliphatic heterocycles. The monoisotopic (exact) mass is 160 g/mol. The number of rotatable bonds is 0. The number of carbonyl (C=O) groups excluding carboxylic acids is 1. The molecule has 2 aliphatic rings. The van der Waals surface area contributed by atoms with Gasteiger partial charge in [-0.2, -0.15) is 0 Å². The van der Waals surface area contributed by atoms with Crippen molar-refractivity contribution in [2.24, 2.45) is 0 Å². The van der Waals surface area contributed by atoms with Crippen LogP contribution in [-0.4, -0.2) is 5.91 Å². The maximum Gasteiger partial charge on any atom is 0.235 e. The average molecular weight is 160 g/mol. The van der Waals surface area contributed by atoms with E-state index in [1.165, 1.54) is 0 Å². The second-order valence-electron chi connectivity index (χ2n) is 3.52. The third-order valence-corrected chi connectivity index (χ3v) is 2.80. The van der Waals surface area contributed by atoms with Gasteiger partial charge in [-0.15, -0.1) is 0 Å². The van der Waals surface area contributed by atoms with Gasteiger partial charge in [0, 0.05) is 5.69 Å². The highest BCUT2D eigenvalue weighted by Crippen LogP contribution is 2.54. The quantitative estimate of drug-likeness (QED) is 0.614. The first kappa shape index (κ1) is 5.36. The van der Waals surface area contributed by atoms with Crippen molar-refractivity contribution >= 4 is 11.6 Å². The number of amides is 1. The lowest BCUT2D eigenvalue weighted by atomic mass is 9.98. The van der Waals surface area contributed by atoms with Gasteiger partial charge in [0.2, 0.25) is 5.91 Å². The van der Waals surface area contributed by atoms with Crippen LogP contribution in [0.2, 0.25) is 1.41 Å². The molecule has 0 bridgehead atoms. The highest BCUT2D eigenvalue weighted by Gasteiger charge is 2.55. The Morgan fingerprint density at radius 1 is 1.42 bits per heavy atom. The van der Waals surface area contributed by atoms with Crippen LogP contribution >= 0.6 is 0 Å². The minimum absolute atomic E-state index is 0.0475. The standard InChI is InChI=1S/C10H9NO/c12-9-10(5-6-10)7-3-1-2-4-8(7)11-9/h1-4H,5-6H2,(H,11,12)/i/hD. The Labute approximate surface area is 72.1 Å². The Kier molecular flexibility index (Phi) is 0.763. The molecule has 1 aromatic carbocycles. The fourth-order valence-electron chi connectivity index (χ4n) is 1.92. The van der Waals surface area contributed by atoms with Gasteiger partial charge < -0.3 is 5.31 Å². The molecule has 1 heterocycles. The molecule has 0 atom stereocenters. The van der Waals surface area contributed by atoms with Gasteiger partial charge in [0.1, 0.15) is 0 Å². The predicted octanol–water partition coefficient (Wildman–Crippen LogP) is 1.67. The molecule has 0 unspecified atom stereocenters. The summed E-state index contributed by atoms with van der Waals surface area (Å²) >= 11 is 0. The van der Waals surface area contributed by atoms with E-state index < -0.39 is 0 Å². The Balaban J connectivity index is 2.27. The first-order valence-electron chi connectivity index (χ1n) is 4.63. The van der Waals surface area contributed by atoms with E-state index in [9.17, 15) is 4.79 Å². The van der Waals surface area contributed by atoms with Crippen molar-refractivity contribution in [1.29, 1.82) is 0 Å². The van der Waals surface area contributed by atoms with E-state index in [0.717, 1.165) is 29.4 Å². The summed E-state index contributed by atoms with van der Waals surface area (Å²) in [6.45, 7) is 0. The maximum absolute atomic E-state index is 11.7. The van der Waals surface area contributed by atoms with Crippen molar-refractivity contribution < 1.29 is 6.21 Å². The normalized spacial score (nSPS) is 24.2. The van der Waals surface area contributed by atoms with E-state index in [4.69, 9.17) is 1.41 Å². The average Bonchev–Trinajstić information content (AvgIpc) is 2.93. The third kappa shape index (κ3) is 0.546. The topological polar surface area (TPSA) is 29.1 Å². The van der Waals surface area contributed by atoms with E-state index in [1.807, 2.05) is 24.3 Å². The number of fused-ring (bicyclic) bond motifs is 2. The van der Waals surface area contributed by atoms with E-state index >= 15 is 0 Å². The van der Waals surface area contributed by atoms with Crippen molar-refractivity contribution in [2.75, 3.05) is 5.31 Å². The van der Waals surface area contributed by atoms with Crippen molar-refractivity contribution in [3.63, 3.8) is 0 Å². The van der Waals surface area contributed by atoms with Crippen LogP contribution < -0.4 is 5.31 Å². The highest BCUT2D eigenvalue weighted by atomic mass is 16.2. The van der Waals surface area contributed by atoms with Gasteiger partial charge in [-0.3, -0.25) is 4.79 Å². The number of anilines is 1. The van der Waals surface area contributed by atoms with E-state index in [-0.39, 0.29) is 11.3 Å². The second kappa shape index (κ2) is 1.71. The summed E-state index contributed by atoms with van der Waals surface area (Å²) in [4.78, 5) is 11.7. The summed E-state index contributed by atoms with van der Waals surface area (Å²) in [5.41, 5.74) is 1.53. The number of hydrogen-bond donors (Lipinski definition) is 1. The van der Waals surface area contributed by atoms with Crippen LogP contribution in [0.5, 0.6) is 0 Å². The van der Waals surface area contributed by atoms with Crippen LogP contribution in [0.25, 0.3) is 0 Å². The molecule has 2 nitrogen and oxygen atoms in total. The summed E-state index contributed by atoms with van der Waals surface area (Å²) in [6.07, 6.45) is 1.83. The Morgan fingerprint density at radius 3 is 2.92 bits per heavy atom. The second-order valence-corrected chi connectivity index (χ2v) is 3.52. The maximum atomic E-state index is 11.7. The van der Waals surface area contributed by atoms with E-state index in [1.54, 1.807) is 0 Å². The van der Waals surface area contributed by atoms with Gasteiger partial charge in [0.25, 0.3) is 0 Å². The number of para-hydroxylation sites is 1. The molecular formula is C10H9NO. The Hall–Kier alpha value is -1.31. The minimum Gasteiger partial charge on any atom is -0.325 e. The zero-order valence-electron chi connectivity index (χ0n) is 7.58. The molecule has 1 saturated carbocycles. The van der Waals surface area contributed by atoms with Crippen molar-refractivity contribution in [2.45, 2.75) is 18.3 Å². The molecular weight excluding hydrogens is 150 g/mol. The van der Waals surface area contributed by atoms with Crippen LogP contribution in [0.15, 0.2) is 24.3 Å². The summed E-state index contributed by atoms with van der Waals surface area (Å²) in [6, 6.07) is 7.61. The zero-order chi connectivity index (χ0) is 9.05. The summed E-state index contributed by atoms with van der Waals surface area (Å²) < 4.78 is 7.60. The van der Waals surface area contributed by atoms with E-state index in [0.29, 0.717) is 0 Å². The summed E-state index contributed by atoms with van der Waals surface area (Å²) in [5.74, 6) is -0.0475. The number of carbonyl (C=O) groups is 1. The number of benzene rings is 1. The molecule has 1 aliphatic carbocycles. The van der Waals surface area contributed by atoms with Crippen LogP contribution in [0.1, 0.15) is 18.4 Å². The summed E-state index contributed by atoms with van der Waals surface area (Å²) in [7, 11) is 0. The molecule has 0 aromatic heterocycles. The molecule has 1 fully saturated rings. The lowest BCUT2D eigenvalue weighted by Gasteiger charge is -2.01. The molecule has 1 spiro atoms. The smallest absolute Gasteiger partial charge is 0.235 e. The first-order chi connectivity index (χ1) is 6.26. The van der Waals surface area contributed by atoms with Gasteiger partial charge in [-0.05, 0) is 24.5 Å². The summed E-state index contributed by atoms with van der Waals surface area (Å²) in [5, 5.41) is 1.04. The SMILES string of the molecule is [2H]N1C(=O)C2(CC2)c2ccccc21. The number of nitrogens with one attached hydrogen (secondary N) is 1. The molecule has 2 heteroatoms. The van der Waals surface area contributed by atoms with Crippen LogP contribution in [0.4, 0.5) is 5.69 Å². The zero-order valence-corrected chi connectivity index (χ0v) is 6.58. The Bertz CT molecular complexity index is 398. The van der Waals surface area contributed by atoms with Crippen molar-refractivity contribution in [3.05, 3.63) is 29.8 Å². The molecule has 60 valence electrons. The molecule has 1 N–H and O–H groups in total. The van der Waals surface area contributed by atoms with E-state index in [2.05, 4.69) is 0 Å². The largest absolute Gasteiger partial charge is 0.325 e. The fourth-order valence-corrected chi connectivity index (χ4v) is 1.92. The van der Waals surface area contributed by atoms with Crippen LogP contribution in [0, 0.1) is 0 Å². The minimum atomic E-state index is -0.293. The fraction of sp³-hybridized carbons (Fsp3) is 0.300. The lowest BCUT2D eigenvalue weighted by molar-refractivity contribution is -0.117. The molecule has 0 saturated heterocycles. The lowest BCUT2D eigenvalue weighted by Crippen LogP contribution is -2.18. The third-order valence-electron chi connectivity index (χ3n) is 2.80. The van der Waals surface area contributed by atoms with Gasteiger partial charge in [-0.25, -0.2) is 0 Å². The van der Waals surface area contributed by atoms with Crippen LogP contribution in [-0.2, 0) is 10.2 Å². The van der Waals surface area contributed by atoms with Gasteiger partial charge in [-0.1, -0.05) is 18.2 Å². The predicted molar refractivity (Wildman–Crippen MR) is 46.0 cm³/mol. The van der Waals surface area contributed by atoms with Crippen molar-refractivity contribution in [3.8, 4) is 0 Å². The highest BCUT2D eigenvalue weighted by molar-refractivity contribution is 6.08. The first-order valence-corrected chi connectivity index (χ1v) is 4.19. The van der Waals surface area contributed by atoms with Crippen LogP contribution in [0.3, 0.4) is 0 Å². The van der Waals surface area contributed by atoms with Gasteiger partial charge >= 0.3 is 0 Å². The molecule has 1 aromatic rings. The molecule has 3 rings (SSSR count). The molecule has 1 amide bonds. The van der Waals surface area contributed by atoms with Gasteiger partial charge in [0.15, 0.2) is 1.41 Å². The molecule has 0 radical (unpaired) electrons. The number of hydrogen-bond acceptors (Lipinski definition) is 1. The Morgan fingerprint density at radius 2 is 2.17 bits per heavy atom. The van der Waals surface area contributed by atoms with Gasteiger partial charge in [0.05, 0.1) is 5.41 Å². The molecule has 12 heavy (non-hydrogen) atoms. The van der Waals surface area contributed by atoms with Crippen molar-refractivity contribution in [1.82, 2.24) is 0 Å².